The molecule has 0 amide bonds. The van der Waals surface area contributed by atoms with Crippen LogP contribution in [0.1, 0.15) is 46.5 Å². The minimum Gasteiger partial charge on any atom is -0.315 e. The number of hydrogen-bond acceptors (Lipinski definition) is 6. The molecule has 9 heteroatoms. The van der Waals surface area contributed by atoms with Crippen LogP contribution in [-0.4, -0.2) is 34.9 Å². The third-order valence-electron chi connectivity index (χ3n) is 6.79. The maximum Gasteiger partial charge on any atom is 0.446 e. The van der Waals surface area contributed by atoms with E-state index in [0.717, 1.165) is 6.42 Å². The predicted octanol–water partition coefficient (Wildman–Crippen LogP) is 3.62. The summed E-state index contributed by atoms with van der Waals surface area (Å²) in [5, 5.41) is 9.22. The van der Waals surface area contributed by atoms with Gasteiger partial charge in [-0.25, -0.2) is 15.0 Å². The molecule has 5 rings (SSSR count). The molecule has 4 heterocycles. The molecule has 25 heavy (non-hydrogen) atoms. The zero-order chi connectivity index (χ0) is 18.3. The van der Waals surface area contributed by atoms with Gasteiger partial charge in [-0.2, -0.15) is 18.1 Å². The number of fused-ring (bicyclic) bond motifs is 2. The lowest BCUT2D eigenvalue weighted by molar-refractivity contribution is -0.616. The third-order valence-corrected chi connectivity index (χ3v) is 6.79. The van der Waals surface area contributed by atoms with Crippen molar-refractivity contribution in [2.24, 2.45) is 23.7 Å². The van der Waals surface area contributed by atoms with Gasteiger partial charge in [0.25, 0.3) is 0 Å². The summed E-state index contributed by atoms with van der Waals surface area (Å²) in [4.78, 5) is 15.3. The molecule has 5 aliphatic rings. The van der Waals surface area contributed by atoms with Gasteiger partial charge >= 0.3 is 12.0 Å². The highest BCUT2D eigenvalue weighted by atomic mass is 19.4. The average Bonchev–Trinajstić information content (AvgIpc) is 2.76. The summed E-state index contributed by atoms with van der Waals surface area (Å²) in [6.45, 7) is 5.05. The molecule has 5 fully saturated rings. The van der Waals surface area contributed by atoms with Gasteiger partial charge in [0.1, 0.15) is 0 Å². The summed E-state index contributed by atoms with van der Waals surface area (Å²) in [6, 6.07) is 0. The molecule has 1 saturated carbocycles. The van der Waals surface area contributed by atoms with E-state index in [1.54, 1.807) is 6.92 Å². The zero-order valence-corrected chi connectivity index (χ0v) is 14.3. The molecule has 0 aromatic carbocycles. The van der Waals surface area contributed by atoms with Crippen LogP contribution in [0.3, 0.4) is 0 Å². The van der Waals surface area contributed by atoms with E-state index in [1.165, 1.54) is 6.92 Å². The van der Waals surface area contributed by atoms with Crippen LogP contribution in [0, 0.1) is 23.7 Å². The predicted molar refractivity (Wildman–Crippen MR) is 75.5 cm³/mol. The fraction of sp³-hybridized carbons (Fsp3) is 1.00. The van der Waals surface area contributed by atoms with Crippen molar-refractivity contribution in [2.45, 2.75) is 76.1 Å². The van der Waals surface area contributed by atoms with Crippen molar-refractivity contribution in [1.82, 2.24) is 0 Å². The van der Waals surface area contributed by atoms with Gasteiger partial charge in [-0.3, -0.25) is 0 Å². The molecular formula is C16H23F3O6. The van der Waals surface area contributed by atoms with Gasteiger partial charge in [0.15, 0.2) is 11.9 Å². The number of hydrogen-bond donors (Lipinski definition) is 1. The molecule has 0 aromatic rings. The minimum atomic E-state index is -4.93. The monoisotopic (exact) mass is 368 g/mol. The van der Waals surface area contributed by atoms with Crippen molar-refractivity contribution in [2.75, 3.05) is 0 Å². The lowest BCUT2D eigenvalue weighted by atomic mass is 9.57. The van der Waals surface area contributed by atoms with Gasteiger partial charge < -0.3 is 9.47 Å². The van der Waals surface area contributed by atoms with E-state index < -0.39 is 41.5 Å². The molecule has 1 unspecified atom stereocenters. The molecule has 1 N–H and O–H groups in total. The summed E-state index contributed by atoms with van der Waals surface area (Å²) in [6.07, 6.45) is -3.84. The van der Waals surface area contributed by atoms with E-state index in [4.69, 9.17) is 19.2 Å². The Hall–Kier alpha value is -0.450. The quantitative estimate of drug-likeness (QED) is 0.563. The highest BCUT2D eigenvalue weighted by Crippen LogP contribution is 2.64. The lowest BCUT2D eigenvalue weighted by Gasteiger charge is -2.62. The fourth-order valence-corrected chi connectivity index (χ4v) is 5.40. The molecule has 4 saturated heterocycles. The normalized spacial score (nSPS) is 55.6. The van der Waals surface area contributed by atoms with Gasteiger partial charge in [0, 0.05) is 18.3 Å². The fourth-order valence-electron chi connectivity index (χ4n) is 5.40. The average molecular weight is 368 g/mol. The Morgan fingerprint density at radius 2 is 1.76 bits per heavy atom. The van der Waals surface area contributed by atoms with E-state index in [2.05, 4.69) is 11.8 Å². The van der Waals surface area contributed by atoms with Crippen LogP contribution in [0.5, 0.6) is 0 Å². The molecule has 8 atom stereocenters. The first kappa shape index (κ1) is 17.9. The summed E-state index contributed by atoms with van der Waals surface area (Å²) in [7, 11) is 0. The second-order valence-electron chi connectivity index (χ2n) is 8.07. The van der Waals surface area contributed by atoms with Crippen LogP contribution in [0.15, 0.2) is 0 Å². The molecular weight excluding hydrogens is 345 g/mol. The Morgan fingerprint density at radius 3 is 2.40 bits per heavy atom. The van der Waals surface area contributed by atoms with Gasteiger partial charge in [0.2, 0.25) is 5.79 Å². The molecule has 1 aliphatic carbocycles. The number of halogens is 3. The Morgan fingerprint density at radius 1 is 1.04 bits per heavy atom. The number of alkyl halides is 3. The van der Waals surface area contributed by atoms with Crippen LogP contribution in [0.2, 0.25) is 0 Å². The zero-order valence-electron chi connectivity index (χ0n) is 14.3. The van der Waals surface area contributed by atoms with E-state index in [1.807, 2.05) is 0 Å². The Labute approximate surface area is 143 Å². The van der Waals surface area contributed by atoms with Crippen LogP contribution in [-0.2, 0) is 24.1 Å². The Bertz CT molecular complexity index is 558. The molecule has 2 bridgehead atoms. The van der Waals surface area contributed by atoms with Crippen LogP contribution < -0.4 is 0 Å². The van der Waals surface area contributed by atoms with Crippen molar-refractivity contribution < 1.29 is 42.6 Å². The maximum atomic E-state index is 13.8. The van der Waals surface area contributed by atoms with E-state index >= 15 is 0 Å². The van der Waals surface area contributed by atoms with Crippen LogP contribution >= 0.6 is 0 Å². The highest BCUT2D eigenvalue weighted by molar-refractivity contribution is 5.12. The van der Waals surface area contributed by atoms with Crippen LogP contribution in [0.4, 0.5) is 13.2 Å². The Balaban J connectivity index is 1.85. The molecule has 6 nitrogen and oxygen atoms in total. The first-order chi connectivity index (χ1) is 11.6. The third kappa shape index (κ3) is 2.14. The number of ether oxygens (including phenoxy) is 2. The highest BCUT2D eigenvalue weighted by Gasteiger charge is 2.77. The van der Waals surface area contributed by atoms with Crippen molar-refractivity contribution in [3.63, 3.8) is 0 Å². The first-order valence-electron chi connectivity index (χ1n) is 8.71. The van der Waals surface area contributed by atoms with Crippen molar-refractivity contribution in [3.8, 4) is 0 Å². The topological polar surface area (TPSA) is 66.4 Å². The summed E-state index contributed by atoms with van der Waals surface area (Å²) in [5.41, 5.74) is -1.14. The lowest BCUT2D eigenvalue weighted by Crippen LogP contribution is -2.75. The summed E-state index contributed by atoms with van der Waals surface area (Å²) < 4.78 is 52.6. The van der Waals surface area contributed by atoms with E-state index in [0.29, 0.717) is 19.3 Å². The SMILES string of the molecule is C[C@@H]1CC[C@H]2[C@@H](C)[C@](OO)(C(F)(F)F)O[C@@H]3O[C@]4(C)CC[C@@H]1C32OO4. The van der Waals surface area contributed by atoms with Gasteiger partial charge in [-0.1, -0.05) is 13.8 Å². The maximum absolute atomic E-state index is 13.8. The van der Waals surface area contributed by atoms with Crippen molar-refractivity contribution in [3.05, 3.63) is 0 Å². The smallest absolute Gasteiger partial charge is 0.315 e. The van der Waals surface area contributed by atoms with E-state index in [-0.39, 0.29) is 11.8 Å². The van der Waals surface area contributed by atoms with Gasteiger partial charge in [-0.15, -0.1) is 0 Å². The molecule has 1 spiro atoms. The standard InChI is InChI=1S/C16H23F3O6/c1-8-4-5-11-9(2)15(23-20,16(17,18)19)22-12-14(11)10(8)6-7-13(3,21-12)24-25-14/h8-12,20H,4-7H2,1-3H3/t8-,9-,10+,11+,12+,13+,14?,15+/m1/s1. The molecule has 144 valence electrons. The Kier molecular flexibility index (Phi) is 3.80. The van der Waals surface area contributed by atoms with Gasteiger partial charge in [0.05, 0.1) is 0 Å². The number of rotatable bonds is 1. The van der Waals surface area contributed by atoms with Crippen molar-refractivity contribution >= 4 is 0 Å². The summed E-state index contributed by atoms with van der Waals surface area (Å²) in [5.74, 6) is -5.96. The molecule has 4 aliphatic heterocycles. The molecule has 0 radical (unpaired) electrons. The van der Waals surface area contributed by atoms with Gasteiger partial charge in [-0.05, 0) is 38.0 Å². The molecule has 0 aromatic heterocycles. The second kappa shape index (κ2) is 5.30. The minimum absolute atomic E-state index is 0.0621. The van der Waals surface area contributed by atoms with E-state index in [9.17, 15) is 18.4 Å². The largest absolute Gasteiger partial charge is 0.446 e. The first-order valence-corrected chi connectivity index (χ1v) is 8.71. The summed E-state index contributed by atoms with van der Waals surface area (Å²) >= 11 is 0. The second-order valence-corrected chi connectivity index (χ2v) is 8.07. The van der Waals surface area contributed by atoms with Crippen LogP contribution in [0.25, 0.3) is 0 Å². The van der Waals surface area contributed by atoms with Crippen molar-refractivity contribution in [1.29, 1.82) is 0 Å².